The van der Waals surface area contributed by atoms with Gasteiger partial charge in [0.2, 0.25) is 0 Å². The summed E-state index contributed by atoms with van der Waals surface area (Å²) in [6.45, 7) is 14.7. The topological polar surface area (TPSA) is 43.2 Å². The standard InChI is InChI=1S/C17H28N2O2/c1-15(2,3)11-9-20-13(18-11)17(7-8-17)14-19-12(10-21-14)16(4,5)6/h11-12H,7-10H2,1-6H3. The Labute approximate surface area is 128 Å². The van der Waals surface area contributed by atoms with Crippen molar-refractivity contribution in [1.29, 1.82) is 0 Å². The molecule has 0 saturated heterocycles. The van der Waals surface area contributed by atoms with Crippen molar-refractivity contribution in [2.45, 2.75) is 66.5 Å². The Bertz CT molecular complexity index is 448. The van der Waals surface area contributed by atoms with Crippen LogP contribution in [0.15, 0.2) is 9.98 Å². The van der Waals surface area contributed by atoms with Crippen LogP contribution in [0.5, 0.6) is 0 Å². The van der Waals surface area contributed by atoms with Crippen LogP contribution in [0.2, 0.25) is 0 Å². The minimum Gasteiger partial charge on any atom is -0.478 e. The molecule has 21 heavy (non-hydrogen) atoms. The number of ether oxygens (including phenoxy) is 2. The van der Waals surface area contributed by atoms with E-state index in [0.29, 0.717) is 13.2 Å². The summed E-state index contributed by atoms with van der Waals surface area (Å²) in [7, 11) is 0. The number of hydrogen-bond donors (Lipinski definition) is 0. The van der Waals surface area contributed by atoms with Crippen molar-refractivity contribution >= 4 is 11.8 Å². The van der Waals surface area contributed by atoms with Gasteiger partial charge in [0.1, 0.15) is 18.6 Å². The van der Waals surface area contributed by atoms with Crippen LogP contribution in [0.3, 0.4) is 0 Å². The maximum atomic E-state index is 5.94. The van der Waals surface area contributed by atoms with Crippen LogP contribution in [0.1, 0.15) is 54.4 Å². The first-order valence-electron chi connectivity index (χ1n) is 8.05. The Morgan fingerprint density at radius 1 is 0.810 bits per heavy atom. The number of nitrogens with zero attached hydrogens (tertiary/aromatic N) is 2. The lowest BCUT2D eigenvalue weighted by Gasteiger charge is -2.22. The first kappa shape index (κ1) is 14.9. The monoisotopic (exact) mass is 292 g/mol. The molecule has 0 N–H and O–H groups in total. The van der Waals surface area contributed by atoms with Crippen molar-refractivity contribution in [1.82, 2.24) is 0 Å². The lowest BCUT2D eigenvalue weighted by Crippen LogP contribution is -2.26. The molecule has 0 spiro atoms. The van der Waals surface area contributed by atoms with Gasteiger partial charge < -0.3 is 9.47 Å². The second kappa shape index (κ2) is 4.47. The molecule has 1 fully saturated rings. The van der Waals surface area contributed by atoms with Crippen molar-refractivity contribution in [2.24, 2.45) is 26.2 Å². The van der Waals surface area contributed by atoms with Crippen LogP contribution in [-0.4, -0.2) is 37.1 Å². The molecule has 0 amide bonds. The van der Waals surface area contributed by atoms with E-state index < -0.39 is 0 Å². The molecule has 0 aromatic carbocycles. The summed E-state index contributed by atoms with van der Waals surface area (Å²) >= 11 is 0. The van der Waals surface area contributed by atoms with Gasteiger partial charge in [0, 0.05) is 0 Å². The van der Waals surface area contributed by atoms with Crippen molar-refractivity contribution in [3.8, 4) is 0 Å². The molecular weight excluding hydrogens is 264 g/mol. The van der Waals surface area contributed by atoms with Crippen LogP contribution in [0.4, 0.5) is 0 Å². The molecular formula is C17H28N2O2. The third-order valence-corrected chi connectivity index (χ3v) is 4.87. The summed E-state index contributed by atoms with van der Waals surface area (Å²) in [5.74, 6) is 1.74. The van der Waals surface area contributed by atoms with Crippen molar-refractivity contribution in [3.63, 3.8) is 0 Å². The summed E-state index contributed by atoms with van der Waals surface area (Å²) in [6.07, 6.45) is 2.11. The molecule has 4 nitrogen and oxygen atoms in total. The fraction of sp³-hybridized carbons (Fsp3) is 0.882. The van der Waals surface area contributed by atoms with Gasteiger partial charge in [-0.2, -0.15) is 0 Å². The third-order valence-electron chi connectivity index (χ3n) is 4.87. The summed E-state index contributed by atoms with van der Waals surface area (Å²) in [6, 6.07) is 0.482. The molecule has 2 aliphatic heterocycles. The predicted molar refractivity (Wildman–Crippen MR) is 84.9 cm³/mol. The van der Waals surface area contributed by atoms with Gasteiger partial charge in [-0.3, -0.25) is 0 Å². The van der Waals surface area contributed by atoms with E-state index in [2.05, 4.69) is 41.5 Å². The van der Waals surface area contributed by atoms with Crippen LogP contribution in [0, 0.1) is 16.2 Å². The molecule has 0 aromatic rings. The van der Waals surface area contributed by atoms with E-state index >= 15 is 0 Å². The van der Waals surface area contributed by atoms with Gasteiger partial charge in [0.15, 0.2) is 11.8 Å². The maximum absolute atomic E-state index is 5.94. The average Bonchev–Trinajstić information content (AvgIpc) is 2.82. The minimum absolute atomic E-state index is 0.139. The number of aliphatic imine (C=N–C) groups is 2. The first-order valence-corrected chi connectivity index (χ1v) is 8.05. The Kier molecular flexibility index (Phi) is 3.16. The molecule has 2 heterocycles. The molecule has 0 aromatic heterocycles. The molecule has 0 bridgehead atoms. The lowest BCUT2D eigenvalue weighted by molar-refractivity contribution is 0.220. The highest BCUT2D eigenvalue weighted by Gasteiger charge is 2.59. The molecule has 0 radical (unpaired) electrons. The molecule has 1 saturated carbocycles. The van der Waals surface area contributed by atoms with Crippen LogP contribution in [0.25, 0.3) is 0 Å². The van der Waals surface area contributed by atoms with Gasteiger partial charge >= 0.3 is 0 Å². The Morgan fingerprint density at radius 2 is 1.19 bits per heavy atom. The Hall–Kier alpha value is -1.06. The molecule has 3 rings (SSSR count). The Morgan fingerprint density at radius 3 is 1.43 bits per heavy atom. The maximum Gasteiger partial charge on any atom is 0.199 e. The van der Waals surface area contributed by atoms with Crippen molar-refractivity contribution < 1.29 is 9.47 Å². The van der Waals surface area contributed by atoms with E-state index in [0.717, 1.165) is 24.6 Å². The van der Waals surface area contributed by atoms with Crippen LogP contribution < -0.4 is 0 Å². The molecule has 2 atom stereocenters. The van der Waals surface area contributed by atoms with E-state index in [1.165, 1.54) is 0 Å². The quantitative estimate of drug-likeness (QED) is 0.782. The predicted octanol–water partition coefficient (Wildman–Crippen LogP) is 3.45. The smallest absolute Gasteiger partial charge is 0.199 e. The summed E-state index contributed by atoms with van der Waals surface area (Å²) in [5.41, 5.74) is 0.147. The highest BCUT2D eigenvalue weighted by atomic mass is 16.5. The Balaban J connectivity index is 1.81. The van der Waals surface area contributed by atoms with E-state index in [1.54, 1.807) is 0 Å². The van der Waals surface area contributed by atoms with E-state index in [9.17, 15) is 0 Å². The van der Waals surface area contributed by atoms with Gasteiger partial charge in [-0.25, -0.2) is 9.98 Å². The SMILES string of the molecule is CC(C)(C)C1COC(C2(C3=NC(C(C)(C)C)CO3)CC2)=N1. The highest BCUT2D eigenvalue weighted by molar-refractivity contribution is 6.09. The van der Waals surface area contributed by atoms with Gasteiger partial charge in [-0.05, 0) is 23.7 Å². The van der Waals surface area contributed by atoms with E-state index in [-0.39, 0.29) is 28.3 Å². The van der Waals surface area contributed by atoms with E-state index in [4.69, 9.17) is 19.5 Å². The molecule has 118 valence electrons. The zero-order valence-corrected chi connectivity index (χ0v) is 14.2. The second-order valence-corrected chi connectivity index (χ2v) is 8.84. The van der Waals surface area contributed by atoms with Crippen molar-refractivity contribution in [2.75, 3.05) is 13.2 Å². The number of rotatable bonds is 2. The van der Waals surface area contributed by atoms with Gasteiger partial charge in [0.05, 0.1) is 12.1 Å². The van der Waals surface area contributed by atoms with E-state index in [1.807, 2.05) is 0 Å². The molecule has 2 unspecified atom stereocenters. The second-order valence-electron chi connectivity index (χ2n) is 8.84. The summed E-state index contributed by atoms with van der Waals surface area (Å²) in [4.78, 5) is 9.72. The average molecular weight is 292 g/mol. The fourth-order valence-electron chi connectivity index (χ4n) is 2.80. The zero-order valence-electron chi connectivity index (χ0n) is 14.2. The molecule has 1 aliphatic carbocycles. The normalized spacial score (nSPS) is 31.3. The zero-order chi connectivity index (χ0) is 15.5. The van der Waals surface area contributed by atoms with Gasteiger partial charge in [-0.1, -0.05) is 41.5 Å². The molecule has 4 heteroatoms. The largest absolute Gasteiger partial charge is 0.478 e. The fourth-order valence-corrected chi connectivity index (χ4v) is 2.80. The van der Waals surface area contributed by atoms with Crippen LogP contribution in [-0.2, 0) is 9.47 Å². The summed E-state index contributed by atoms with van der Waals surface area (Å²) in [5, 5.41) is 0. The summed E-state index contributed by atoms with van der Waals surface area (Å²) < 4.78 is 11.9. The minimum atomic E-state index is -0.139. The first-order chi connectivity index (χ1) is 9.63. The lowest BCUT2D eigenvalue weighted by atomic mass is 9.88. The third kappa shape index (κ3) is 2.58. The number of hydrogen-bond acceptors (Lipinski definition) is 4. The molecule has 3 aliphatic rings. The van der Waals surface area contributed by atoms with Gasteiger partial charge in [-0.15, -0.1) is 0 Å². The van der Waals surface area contributed by atoms with Crippen LogP contribution >= 0.6 is 0 Å². The highest BCUT2D eigenvalue weighted by Crippen LogP contribution is 2.52. The van der Waals surface area contributed by atoms with Crippen molar-refractivity contribution in [3.05, 3.63) is 0 Å². The van der Waals surface area contributed by atoms with Gasteiger partial charge in [0.25, 0.3) is 0 Å².